The van der Waals surface area contributed by atoms with Gasteiger partial charge in [-0.15, -0.1) is 0 Å². The monoisotopic (exact) mass is 420 g/mol. The Morgan fingerprint density at radius 2 is 1.67 bits per heavy atom. The highest BCUT2D eigenvalue weighted by molar-refractivity contribution is 6.30. The Kier molecular flexibility index (Phi) is 4.88. The van der Waals surface area contributed by atoms with Crippen LogP contribution in [-0.2, 0) is 0 Å². The van der Waals surface area contributed by atoms with E-state index in [1.165, 1.54) is 5.69 Å². The summed E-state index contributed by atoms with van der Waals surface area (Å²) in [6, 6.07) is 15.8. The lowest BCUT2D eigenvalue weighted by molar-refractivity contribution is 0.415. The number of piperazine rings is 1. The number of ether oxygens (including phenoxy) is 1. The van der Waals surface area contributed by atoms with Gasteiger partial charge in [-0.1, -0.05) is 17.7 Å². The molecule has 1 fully saturated rings. The second-order valence-electron chi connectivity index (χ2n) is 7.14. The number of nitrogens with zero attached hydrogens (tertiary/aromatic N) is 6. The molecule has 0 radical (unpaired) electrons. The van der Waals surface area contributed by atoms with Gasteiger partial charge in [-0.05, 0) is 42.5 Å². The Labute approximate surface area is 179 Å². The number of hydrogen-bond donors (Lipinski definition) is 0. The average Bonchev–Trinajstić information content (AvgIpc) is 3.24. The highest BCUT2D eigenvalue weighted by Gasteiger charge is 2.22. The first-order valence-corrected chi connectivity index (χ1v) is 10.2. The summed E-state index contributed by atoms with van der Waals surface area (Å²) in [6.07, 6.45) is 3.44. The van der Waals surface area contributed by atoms with Gasteiger partial charge in [0.05, 0.1) is 24.4 Å². The fourth-order valence-electron chi connectivity index (χ4n) is 3.85. The Bertz CT molecular complexity index is 1170. The quantitative estimate of drug-likeness (QED) is 0.500. The van der Waals surface area contributed by atoms with Gasteiger partial charge in [-0.3, -0.25) is 0 Å². The second kappa shape index (κ2) is 7.84. The van der Waals surface area contributed by atoms with E-state index in [1.807, 2.05) is 42.6 Å². The van der Waals surface area contributed by atoms with Gasteiger partial charge < -0.3 is 14.5 Å². The highest BCUT2D eigenvalue weighted by atomic mass is 35.5. The topological polar surface area (TPSA) is 59.3 Å². The molecule has 0 amide bonds. The highest BCUT2D eigenvalue weighted by Crippen LogP contribution is 2.27. The maximum Gasteiger partial charge on any atom is 0.168 e. The van der Waals surface area contributed by atoms with Gasteiger partial charge in [-0.2, -0.15) is 5.10 Å². The summed E-state index contributed by atoms with van der Waals surface area (Å²) in [5, 5.41) is 6.15. The van der Waals surface area contributed by atoms with Crippen molar-refractivity contribution < 1.29 is 4.74 Å². The molecule has 0 saturated carbocycles. The molecule has 0 spiro atoms. The van der Waals surface area contributed by atoms with Crippen LogP contribution >= 0.6 is 11.6 Å². The van der Waals surface area contributed by atoms with Crippen molar-refractivity contribution in [3.8, 4) is 11.4 Å². The van der Waals surface area contributed by atoms with Crippen molar-refractivity contribution in [2.75, 3.05) is 43.1 Å². The van der Waals surface area contributed by atoms with E-state index in [-0.39, 0.29) is 0 Å². The molecule has 0 unspecified atom stereocenters. The fourth-order valence-corrected chi connectivity index (χ4v) is 4.03. The molecular formula is C22H21ClN6O. The Morgan fingerprint density at radius 1 is 0.900 bits per heavy atom. The maximum absolute atomic E-state index is 6.15. The van der Waals surface area contributed by atoms with Crippen LogP contribution in [-0.4, -0.2) is 53.0 Å². The van der Waals surface area contributed by atoms with Crippen molar-refractivity contribution in [1.29, 1.82) is 0 Å². The van der Waals surface area contributed by atoms with E-state index >= 15 is 0 Å². The second-order valence-corrected chi connectivity index (χ2v) is 7.58. The molecule has 1 saturated heterocycles. The van der Waals surface area contributed by atoms with E-state index < -0.39 is 0 Å². The van der Waals surface area contributed by atoms with E-state index in [0.717, 1.165) is 54.5 Å². The molecule has 1 aliphatic rings. The van der Waals surface area contributed by atoms with Gasteiger partial charge in [0.1, 0.15) is 17.9 Å². The first kappa shape index (κ1) is 18.7. The zero-order chi connectivity index (χ0) is 20.5. The van der Waals surface area contributed by atoms with Crippen molar-refractivity contribution in [2.45, 2.75) is 0 Å². The van der Waals surface area contributed by atoms with Crippen LogP contribution in [0.2, 0.25) is 5.02 Å². The third kappa shape index (κ3) is 3.41. The first-order valence-electron chi connectivity index (χ1n) is 9.81. The molecule has 2 aromatic carbocycles. The molecule has 0 atom stereocenters. The van der Waals surface area contributed by atoms with Gasteiger partial charge >= 0.3 is 0 Å². The lowest BCUT2D eigenvalue weighted by atomic mass is 10.2. The third-order valence-corrected chi connectivity index (χ3v) is 5.65. The van der Waals surface area contributed by atoms with Crippen LogP contribution in [0.1, 0.15) is 0 Å². The van der Waals surface area contributed by atoms with Crippen LogP contribution in [0.25, 0.3) is 16.7 Å². The van der Waals surface area contributed by atoms with Gasteiger partial charge in [0.2, 0.25) is 0 Å². The van der Waals surface area contributed by atoms with Crippen molar-refractivity contribution in [2.24, 2.45) is 0 Å². The van der Waals surface area contributed by atoms with Gasteiger partial charge in [0.25, 0.3) is 0 Å². The summed E-state index contributed by atoms with van der Waals surface area (Å²) in [4.78, 5) is 13.7. The van der Waals surface area contributed by atoms with Crippen LogP contribution < -0.4 is 14.5 Å². The molecule has 7 nitrogen and oxygen atoms in total. The fraction of sp³-hybridized carbons (Fsp3) is 0.227. The van der Waals surface area contributed by atoms with Crippen LogP contribution in [0, 0.1) is 0 Å². The van der Waals surface area contributed by atoms with Gasteiger partial charge in [0.15, 0.2) is 5.65 Å². The molecule has 3 heterocycles. The number of methoxy groups -OCH3 is 1. The Morgan fingerprint density at radius 3 is 2.40 bits per heavy atom. The summed E-state index contributed by atoms with van der Waals surface area (Å²) >= 11 is 6.15. The predicted molar refractivity (Wildman–Crippen MR) is 119 cm³/mol. The smallest absolute Gasteiger partial charge is 0.168 e. The molecule has 0 bridgehead atoms. The molecule has 152 valence electrons. The summed E-state index contributed by atoms with van der Waals surface area (Å²) in [5.41, 5.74) is 2.86. The maximum atomic E-state index is 6.15. The normalized spacial score (nSPS) is 14.3. The molecule has 5 rings (SSSR count). The summed E-state index contributed by atoms with van der Waals surface area (Å²) in [7, 11) is 1.69. The van der Waals surface area contributed by atoms with E-state index in [0.29, 0.717) is 5.02 Å². The summed E-state index contributed by atoms with van der Waals surface area (Å²) in [5.74, 6) is 1.79. The van der Waals surface area contributed by atoms with E-state index in [2.05, 4.69) is 37.0 Å². The molecule has 0 aliphatic carbocycles. The lowest BCUT2D eigenvalue weighted by Gasteiger charge is -2.36. The summed E-state index contributed by atoms with van der Waals surface area (Å²) in [6.45, 7) is 3.58. The number of rotatable bonds is 4. The predicted octanol–water partition coefficient (Wildman–Crippen LogP) is 3.80. The molecule has 8 heteroatoms. The Hall–Kier alpha value is -3.32. The minimum atomic E-state index is 0.667. The van der Waals surface area contributed by atoms with Gasteiger partial charge in [-0.25, -0.2) is 14.6 Å². The molecule has 2 aromatic heterocycles. The minimum Gasteiger partial charge on any atom is -0.497 e. The van der Waals surface area contributed by atoms with Crippen LogP contribution in [0.15, 0.2) is 61.1 Å². The SMILES string of the molecule is COc1ccc(N2CCN(c3ncnc4c3cnn4-c3cccc(Cl)c3)CC2)cc1. The molecule has 4 aromatic rings. The van der Waals surface area contributed by atoms with Crippen molar-refractivity contribution in [3.63, 3.8) is 0 Å². The molecular weight excluding hydrogens is 400 g/mol. The molecule has 1 aliphatic heterocycles. The zero-order valence-corrected chi connectivity index (χ0v) is 17.3. The lowest BCUT2D eigenvalue weighted by Crippen LogP contribution is -2.46. The van der Waals surface area contributed by atoms with Gasteiger partial charge in [0, 0.05) is 36.9 Å². The number of anilines is 2. The average molecular weight is 421 g/mol. The van der Waals surface area contributed by atoms with Crippen LogP contribution in [0.5, 0.6) is 5.75 Å². The number of benzene rings is 2. The summed E-state index contributed by atoms with van der Waals surface area (Å²) < 4.78 is 7.06. The molecule has 0 N–H and O–H groups in total. The van der Waals surface area contributed by atoms with Crippen LogP contribution in [0.3, 0.4) is 0 Å². The van der Waals surface area contributed by atoms with E-state index in [4.69, 9.17) is 16.3 Å². The zero-order valence-electron chi connectivity index (χ0n) is 16.6. The first-order chi connectivity index (χ1) is 14.7. The minimum absolute atomic E-state index is 0.667. The van der Waals surface area contributed by atoms with E-state index in [1.54, 1.807) is 18.1 Å². The standard InChI is InChI=1S/C22H21ClN6O/c1-30-19-7-5-17(6-8-19)27-9-11-28(12-10-27)21-20-14-26-29(22(20)25-15-24-21)18-4-2-3-16(23)13-18/h2-8,13-15H,9-12H2,1H3. The number of halogens is 1. The van der Waals surface area contributed by atoms with Crippen molar-refractivity contribution in [1.82, 2.24) is 19.7 Å². The van der Waals surface area contributed by atoms with Crippen molar-refractivity contribution >= 4 is 34.1 Å². The number of aromatic nitrogens is 4. The van der Waals surface area contributed by atoms with E-state index in [9.17, 15) is 0 Å². The van der Waals surface area contributed by atoms with Crippen molar-refractivity contribution in [3.05, 3.63) is 66.1 Å². The largest absolute Gasteiger partial charge is 0.497 e. The third-order valence-electron chi connectivity index (χ3n) is 5.41. The van der Waals surface area contributed by atoms with Crippen LogP contribution in [0.4, 0.5) is 11.5 Å². The number of fused-ring (bicyclic) bond motifs is 1. The number of hydrogen-bond acceptors (Lipinski definition) is 6. The molecule has 30 heavy (non-hydrogen) atoms. The Balaban J connectivity index is 1.38.